The second-order valence-electron chi connectivity index (χ2n) is 5.12. The first-order valence-electron chi connectivity index (χ1n) is 7.09. The minimum absolute atomic E-state index is 0.299. The van der Waals surface area contributed by atoms with Gasteiger partial charge >= 0.3 is 0 Å². The molecular formula is C16H17N3O2S2. The Morgan fingerprint density at radius 3 is 2.61 bits per heavy atom. The van der Waals surface area contributed by atoms with E-state index < -0.39 is 9.84 Å². The van der Waals surface area contributed by atoms with Gasteiger partial charge < -0.3 is 9.88 Å². The molecule has 23 heavy (non-hydrogen) atoms. The predicted molar refractivity (Wildman–Crippen MR) is 91.2 cm³/mol. The molecule has 0 unspecified atom stereocenters. The number of sulfone groups is 1. The number of benzene rings is 1. The smallest absolute Gasteiger partial charge is 0.216 e. The highest BCUT2D eigenvalue weighted by molar-refractivity contribution is 7.93. The van der Waals surface area contributed by atoms with Crippen LogP contribution in [0.5, 0.6) is 0 Å². The maximum absolute atomic E-state index is 13.0. The van der Waals surface area contributed by atoms with E-state index in [4.69, 9.17) is 0 Å². The van der Waals surface area contributed by atoms with Gasteiger partial charge in [0.15, 0.2) is 0 Å². The van der Waals surface area contributed by atoms with Crippen LogP contribution in [0.1, 0.15) is 4.88 Å². The first-order valence-corrected chi connectivity index (χ1v) is 9.39. The predicted octanol–water partition coefficient (Wildman–Crippen LogP) is 2.70. The largest absolute Gasteiger partial charge is 0.334 e. The van der Waals surface area contributed by atoms with Crippen molar-refractivity contribution in [1.82, 2.24) is 14.9 Å². The van der Waals surface area contributed by atoms with E-state index in [2.05, 4.69) is 10.3 Å². The van der Waals surface area contributed by atoms with Crippen LogP contribution in [0.4, 0.5) is 0 Å². The lowest BCUT2D eigenvalue weighted by Gasteiger charge is -2.06. The molecule has 0 aliphatic heterocycles. The van der Waals surface area contributed by atoms with E-state index in [1.54, 1.807) is 36.5 Å². The summed E-state index contributed by atoms with van der Waals surface area (Å²) in [6.07, 6.45) is 3.48. The Labute approximate surface area is 139 Å². The maximum atomic E-state index is 13.0. The summed E-state index contributed by atoms with van der Waals surface area (Å²) in [6.45, 7) is 0.617. The van der Waals surface area contributed by atoms with Crippen LogP contribution in [0.3, 0.4) is 0 Å². The average molecular weight is 347 g/mol. The van der Waals surface area contributed by atoms with Crippen LogP contribution in [0.25, 0.3) is 11.4 Å². The second kappa shape index (κ2) is 6.27. The normalized spacial score (nSPS) is 11.7. The molecule has 0 aliphatic rings. The summed E-state index contributed by atoms with van der Waals surface area (Å²) in [4.78, 5) is 5.57. The van der Waals surface area contributed by atoms with Crippen molar-refractivity contribution in [3.05, 3.63) is 53.7 Å². The Morgan fingerprint density at radius 2 is 2.00 bits per heavy atom. The van der Waals surface area contributed by atoms with Gasteiger partial charge in [-0.3, -0.25) is 0 Å². The Bertz CT molecular complexity index is 912. The van der Waals surface area contributed by atoms with Crippen molar-refractivity contribution in [1.29, 1.82) is 0 Å². The van der Waals surface area contributed by atoms with Gasteiger partial charge in [-0.25, -0.2) is 13.4 Å². The number of thiophene rings is 1. The summed E-state index contributed by atoms with van der Waals surface area (Å²) in [7, 11) is 0.124. The van der Waals surface area contributed by atoms with Crippen LogP contribution >= 0.6 is 11.3 Å². The van der Waals surface area contributed by atoms with Crippen molar-refractivity contribution in [2.24, 2.45) is 7.05 Å². The van der Waals surface area contributed by atoms with Crippen molar-refractivity contribution in [3.8, 4) is 11.4 Å². The lowest BCUT2D eigenvalue weighted by atomic mass is 10.3. The molecule has 0 atom stereocenters. The summed E-state index contributed by atoms with van der Waals surface area (Å²) < 4.78 is 28.2. The van der Waals surface area contributed by atoms with Crippen LogP contribution in [-0.4, -0.2) is 25.0 Å². The number of imidazole rings is 1. The number of hydrogen-bond donors (Lipinski definition) is 1. The topological polar surface area (TPSA) is 64.0 Å². The molecule has 2 aromatic heterocycles. The Balaban J connectivity index is 2.21. The first kappa shape index (κ1) is 15.9. The van der Waals surface area contributed by atoms with Gasteiger partial charge in [-0.1, -0.05) is 18.2 Å². The number of nitrogens with one attached hydrogen (secondary N) is 1. The van der Waals surface area contributed by atoms with E-state index in [0.29, 0.717) is 27.0 Å². The average Bonchev–Trinajstić information content (AvgIpc) is 3.15. The molecule has 3 aromatic rings. The fourth-order valence-electron chi connectivity index (χ4n) is 2.37. The van der Waals surface area contributed by atoms with Gasteiger partial charge in [-0.15, -0.1) is 11.3 Å². The van der Waals surface area contributed by atoms with E-state index in [9.17, 15) is 8.42 Å². The molecule has 0 amide bonds. The molecule has 0 bridgehead atoms. The molecule has 0 radical (unpaired) electrons. The quantitative estimate of drug-likeness (QED) is 0.771. The number of nitrogens with zero attached hydrogens (tertiary/aromatic N) is 2. The van der Waals surface area contributed by atoms with Crippen LogP contribution in [0, 0.1) is 0 Å². The highest BCUT2D eigenvalue weighted by atomic mass is 32.2. The van der Waals surface area contributed by atoms with Crippen molar-refractivity contribution >= 4 is 21.2 Å². The molecule has 120 valence electrons. The minimum Gasteiger partial charge on any atom is -0.334 e. The molecule has 0 fully saturated rings. The standard InChI is InChI=1S/C16H17N3O2S2/c1-17-11-12-10-14(15-18-8-9-19(15)2)16(22-12)23(20,21)13-6-4-3-5-7-13/h3-10,17H,11H2,1-2H3. The Hall–Kier alpha value is -1.96. The maximum Gasteiger partial charge on any atom is 0.216 e. The summed E-state index contributed by atoms with van der Waals surface area (Å²) in [5.74, 6) is 0.651. The fourth-order valence-corrected chi connectivity index (χ4v) is 5.48. The Kier molecular flexibility index (Phi) is 4.34. The van der Waals surface area contributed by atoms with Crippen molar-refractivity contribution in [2.75, 3.05) is 7.05 Å². The molecule has 0 aliphatic carbocycles. The van der Waals surface area contributed by atoms with Gasteiger partial charge in [0.25, 0.3) is 0 Å². The third kappa shape index (κ3) is 2.95. The number of aromatic nitrogens is 2. The molecule has 5 nitrogen and oxygen atoms in total. The lowest BCUT2D eigenvalue weighted by Crippen LogP contribution is -2.02. The molecule has 7 heteroatoms. The fraction of sp³-hybridized carbons (Fsp3) is 0.188. The molecule has 0 saturated heterocycles. The number of hydrogen-bond acceptors (Lipinski definition) is 5. The highest BCUT2D eigenvalue weighted by Gasteiger charge is 2.26. The minimum atomic E-state index is -3.57. The molecular weight excluding hydrogens is 330 g/mol. The number of aryl methyl sites for hydroxylation is 1. The molecule has 3 rings (SSSR count). The molecule has 1 aromatic carbocycles. The van der Waals surface area contributed by atoms with E-state index in [1.165, 1.54) is 11.3 Å². The molecule has 0 saturated carbocycles. The SMILES string of the molecule is CNCc1cc(-c2nccn2C)c(S(=O)(=O)c2ccccc2)s1. The summed E-state index contributed by atoms with van der Waals surface area (Å²) in [5, 5.41) is 3.06. The van der Waals surface area contributed by atoms with Gasteiger partial charge in [0.1, 0.15) is 10.0 Å². The third-order valence-electron chi connectivity index (χ3n) is 3.46. The zero-order valence-electron chi connectivity index (χ0n) is 12.9. The molecule has 0 spiro atoms. The monoisotopic (exact) mass is 347 g/mol. The van der Waals surface area contributed by atoms with Gasteiger partial charge in [0.05, 0.1) is 4.90 Å². The zero-order chi connectivity index (χ0) is 16.4. The van der Waals surface area contributed by atoms with Crippen LogP contribution in [0.15, 0.2) is 57.9 Å². The van der Waals surface area contributed by atoms with Gasteiger partial charge in [0.2, 0.25) is 9.84 Å². The Morgan fingerprint density at radius 1 is 1.26 bits per heavy atom. The second-order valence-corrected chi connectivity index (χ2v) is 8.40. The summed E-state index contributed by atoms with van der Waals surface area (Å²) in [6, 6.07) is 10.4. The van der Waals surface area contributed by atoms with Crippen LogP contribution in [0.2, 0.25) is 0 Å². The summed E-state index contributed by atoms with van der Waals surface area (Å²) in [5.41, 5.74) is 0.650. The third-order valence-corrected chi connectivity index (χ3v) is 6.90. The molecule has 1 N–H and O–H groups in total. The van der Waals surface area contributed by atoms with Gasteiger partial charge in [-0.2, -0.15) is 0 Å². The van der Waals surface area contributed by atoms with Crippen molar-refractivity contribution < 1.29 is 8.42 Å². The van der Waals surface area contributed by atoms with E-state index in [0.717, 1.165) is 4.88 Å². The first-order chi connectivity index (χ1) is 11.0. The highest BCUT2D eigenvalue weighted by Crippen LogP contribution is 2.37. The van der Waals surface area contributed by atoms with Crippen LogP contribution < -0.4 is 5.32 Å². The zero-order valence-corrected chi connectivity index (χ0v) is 14.5. The van der Waals surface area contributed by atoms with E-state index in [-0.39, 0.29) is 0 Å². The van der Waals surface area contributed by atoms with Crippen molar-refractivity contribution in [2.45, 2.75) is 15.6 Å². The lowest BCUT2D eigenvalue weighted by molar-refractivity contribution is 0.598. The summed E-state index contributed by atoms with van der Waals surface area (Å²) >= 11 is 1.29. The van der Waals surface area contributed by atoms with Gasteiger partial charge in [-0.05, 0) is 25.2 Å². The number of rotatable bonds is 5. The van der Waals surface area contributed by atoms with Gasteiger partial charge in [0, 0.05) is 36.4 Å². The van der Waals surface area contributed by atoms with E-state index in [1.807, 2.05) is 30.9 Å². The van der Waals surface area contributed by atoms with E-state index >= 15 is 0 Å². The molecule has 2 heterocycles. The van der Waals surface area contributed by atoms with Crippen LogP contribution in [-0.2, 0) is 23.4 Å². The van der Waals surface area contributed by atoms with Crippen molar-refractivity contribution in [3.63, 3.8) is 0 Å².